The van der Waals surface area contributed by atoms with E-state index in [2.05, 4.69) is 14.9 Å². The summed E-state index contributed by atoms with van der Waals surface area (Å²) >= 11 is 1.30. The molecule has 2 aromatic rings. The number of nitrogens with zero attached hydrogens (tertiary/aromatic N) is 2. The molecule has 17 heavy (non-hydrogen) atoms. The molecule has 0 saturated heterocycles. The SMILES string of the molecule is CCOc1cc(F)ccc1NCc1csnn1. The lowest BCUT2D eigenvalue weighted by Crippen LogP contribution is -2.03. The van der Waals surface area contributed by atoms with Crippen LogP contribution < -0.4 is 10.1 Å². The van der Waals surface area contributed by atoms with Gasteiger partial charge in [0.15, 0.2) is 0 Å². The summed E-state index contributed by atoms with van der Waals surface area (Å²) in [4.78, 5) is 0. The van der Waals surface area contributed by atoms with Gasteiger partial charge in [-0.2, -0.15) is 0 Å². The van der Waals surface area contributed by atoms with Gasteiger partial charge in [0.2, 0.25) is 0 Å². The summed E-state index contributed by atoms with van der Waals surface area (Å²) in [5.74, 6) is 0.199. The molecule has 1 heterocycles. The van der Waals surface area contributed by atoms with Crippen LogP contribution in [0.2, 0.25) is 0 Å². The third-order valence-corrected chi connectivity index (χ3v) is 2.66. The maximum absolute atomic E-state index is 13.1. The van der Waals surface area contributed by atoms with Crippen molar-refractivity contribution in [3.63, 3.8) is 0 Å². The van der Waals surface area contributed by atoms with E-state index in [0.29, 0.717) is 18.9 Å². The Morgan fingerprint density at radius 1 is 1.47 bits per heavy atom. The molecule has 1 aromatic carbocycles. The molecular formula is C11H12FN3OS. The van der Waals surface area contributed by atoms with Gasteiger partial charge in [0, 0.05) is 11.4 Å². The molecule has 0 unspecified atom stereocenters. The monoisotopic (exact) mass is 253 g/mol. The Bertz CT molecular complexity index is 476. The number of halogens is 1. The smallest absolute Gasteiger partial charge is 0.145 e. The van der Waals surface area contributed by atoms with Gasteiger partial charge in [-0.05, 0) is 30.6 Å². The summed E-state index contributed by atoms with van der Waals surface area (Å²) in [5.41, 5.74) is 1.60. The minimum absolute atomic E-state index is 0.311. The second-order valence-corrected chi connectivity index (χ2v) is 3.93. The molecule has 0 spiro atoms. The molecule has 0 fully saturated rings. The van der Waals surface area contributed by atoms with Crippen LogP contribution in [-0.2, 0) is 6.54 Å². The Balaban J connectivity index is 2.08. The number of ether oxygens (including phenoxy) is 1. The molecule has 1 N–H and O–H groups in total. The number of nitrogens with one attached hydrogen (secondary N) is 1. The summed E-state index contributed by atoms with van der Waals surface area (Å²) in [6.45, 7) is 2.90. The number of aromatic nitrogens is 2. The number of anilines is 1. The number of rotatable bonds is 5. The van der Waals surface area contributed by atoms with Gasteiger partial charge in [0.25, 0.3) is 0 Å². The zero-order chi connectivity index (χ0) is 12.1. The van der Waals surface area contributed by atoms with Crippen molar-refractivity contribution < 1.29 is 9.13 Å². The van der Waals surface area contributed by atoms with Gasteiger partial charge < -0.3 is 10.1 Å². The summed E-state index contributed by atoms with van der Waals surface area (Å²) < 4.78 is 22.2. The fourth-order valence-electron chi connectivity index (χ4n) is 1.36. The van der Waals surface area contributed by atoms with Crippen LogP contribution in [0.1, 0.15) is 12.6 Å². The van der Waals surface area contributed by atoms with Crippen molar-refractivity contribution in [3.05, 3.63) is 35.1 Å². The van der Waals surface area contributed by atoms with Crippen molar-refractivity contribution in [2.24, 2.45) is 0 Å². The van der Waals surface area contributed by atoms with Gasteiger partial charge >= 0.3 is 0 Å². The highest BCUT2D eigenvalue weighted by Gasteiger charge is 2.05. The Morgan fingerprint density at radius 2 is 2.35 bits per heavy atom. The molecule has 6 heteroatoms. The molecule has 90 valence electrons. The third kappa shape index (κ3) is 3.13. The summed E-state index contributed by atoms with van der Waals surface area (Å²) in [6.07, 6.45) is 0. The Morgan fingerprint density at radius 3 is 3.06 bits per heavy atom. The lowest BCUT2D eigenvalue weighted by atomic mass is 10.2. The molecule has 0 radical (unpaired) electrons. The van der Waals surface area contributed by atoms with E-state index in [1.165, 1.54) is 23.7 Å². The highest BCUT2D eigenvalue weighted by atomic mass is 32.1. The normalized spacial score (nSPS) is 10.2. The largest absolute Gasteiger partial charge is 0.492 e. The van der Waals surface area contributed by atoms with E-state index in [0.717, 1.165) is 11.4 Å². The molecule has 0 aliphatic rings. The molecule has 2 rings (SSSR count). The topological polar surface area (TPSA) is 47.0 Å². The second-order valence-electron chi connectivity index (χ2n) is 3.32. The lowest BCUT2D eigenvalue weighted by Gasteiger charge is -2.11. The van der Waals surface area contributed by atoms with E-state index < -0.39 is 0 Å². The molecule has 1 aromatic heterocycles. The van der Waals surface area contributed by atoms with Crippen molar-refractivity contribution in [2.75, 3.05) is 11.9 Å². The highest BCUT2D eigenvalue weighted by Crippen LogP contribution is 2.25. The minimum atomic E-state index is -0.311. The fraction of sp³-hybridized carbons (Fsp3) is 0.273. The number of benzene rings is 1. The van der Waals surface area contributed by atoms with Crippen LogP contribution in [-0.4, -0.2) is 16.2 Å². The minimum Gasteiger partial charge on any atom is -0.492 e. The van der Waals surface area contributed by atoms with Gasteiger partial charge in [0.1, 0.15) is 11.6 Å². The summed E-state index contributed by atoms with van der Waals surface area (Å²) in [5, 5.41) is 8.91. The number of hydrogen-bond donors (Lipinski definition) is 1. The average molecular weight is 253 g/mol. The number of hydrogen-bond acceptors (Lipinski definition) is 5. The van der Waals surface area contributed by atoms with Crippen LogP contribution in [0.5, 0.6) is 5.75 Å². The first-order valence-electron chi connectivity index (χ1n) is 5.21. The lowest BCUT2D eigenvalue weighted by molar-refractivity contribution is 0.339. The fourth-order valence-corrected chi connectivity index (χ4v) is 1.82. The third-order valence-electron chi connectivity index (χ3n) is 2.11. The average Bonchev–Trinajstić information content (AvgIpc) is 2.81. The Kier molecular flexibility index (Phi) is 3.87. The van der Waals surface area contributed by atoms with E-state index >= 15 is 0 Å². The van der Waals surface area contributed by atoms with Crippen LogP contribution in [0, 0.1) is 5.82 Å². The molecule has 0 saturated carbocycles. The van der Waals surface area contributed by atoms with Crippen molar-refractivity contribution in [1.29, 1.82) is 0 Å². The van der Waals surface area contributed by atoms with E-state index in [1.54, 1.807) is 6.07 Å². The molecule has 0 aliphatic carbocycles. The van der Waals surface area contributed by atoms with Gasteiger partial charge in [0.05, 0.1) is 24.5 Å². The van der Waals surface area contributed by atoms with Crippen LogP contribution in [0.3, 0.4) is 0 Å². The zero-order valence-electron chi connectivity index (χ0n) is 9.31. The molecule has 0 aliphatic heterocycles. The standard InChI is InChI=1S/C11H12FN3OS/c1-2-16-11-5-8(12)3-4-10(11)13-6-9-7-17-15-14-9/h3-5,7,13H,2,6H2,1H3. The second kappa shape index (κ2) is 5.58. The van der Waals surface area contributed by atoms with Gasteiger partial charge in [-0.25, -0.2) is 4.39 Å². The zero-order valence-corrected chi connectivity index (χ0v) is 10.1. The van der Waals surface area contributed by atoms with E-state index in [9.17, 15) is 4.39 Å². The highest BCUT2D eigenvalue weighted by molar-refractivity contribution is 7.03. The van der Waals surface area contributed by atoms with Gasteiger partial charge in [-0.15, -0.1) is 5.10 Å². The van der Waals surface area contributed by atoms with E-state index in [4.69, 9.17) is 4.74 Å². The van der Waals surface area contributed by atoms with Crippen molar-refractivity contribution in [1.82, 2.24) is 9.59 Å². The quantitative estimate of drug-likeness (QED) is 0.890. The van der Waals surface area contributed by atoms with Gasteiger partial charge in [-0.1, -0.05) is 4.49 Å². The first-order valence-corrected chi connectivity index (χ1v) is 6.05. The molecule has 0 amide bonds. The maximum atomic E-state index is 13.1. The maximum Gasteiger partial charge on any atom is 0.145 e. The van der Waals surface area contributed by atoms with Crippen LogP contribution in [0.25, 0.3) is 0 Å². The van der Waals surface area contributed by atoms with Crippen LogP contribution in [0.4, 0.5) is 10.1 Å². The Hall–Kier alpha value is -1.69. The predicted molar refractivity (Wildman–Crippen MR) is 64.8 cm³/mol. The van der Waals surface area contributed by atoms with E-state index in [-0.39, 0.29) is 5.82 Å². The van der Waals surface area contributed by atoms with Gasteiger partial charge in [-0.3, -0.25) is 0 Å². The molecule has 4 nitrogen and oxygen atoms in total. The van der Waals surface area contributed by atoms with Crippen molar-refractivity contribution in [2.45, 2.75) is 13.5 Å². The summed E-state index contributed by atoms with van der Waals surface area (Å²) in [7, 11) is 0. The van der Waals surface area contributed by atoms with Crippen molar-refractivity contribution in [3.8, 4) is 5.75 Å². The van der Waals surface area contributed by atoms with Crippen molar-refractivity contribution >= 4 is 17.2 Å². The summed E-state index contributed by atoms with van der Waals surface area (Å²) in [6, 6.07) is 4.41. The Labute approximate surface area is 103 Å². The molecular weight excluding hydrogens is 241 g/mol. The molecule has 0 atom stereocenters. The van der Waals surface area contributed by atoms with Crippen LogP contribution in [0.15, 0.2) is 23.6 Å². The van der Waals surface area contributed by atoms with Crippen LogP contribution >= 0.6 is 11.5 Å². The molecule has 0 bridgehead atoms. The first kappa shape index (κ1) is 11.8. The predicted octanol–water partition coefficient (Wildman–Crippen LogP) is 2.69. The van der Waals surface area contributed by atoms with E-state index in [1.807, 2.05) is 12.3 Å². The first-order chi connectivity index (χ1) is 8.29.